The molecule has 0 saturated heterocycles. The highest BCUT2D eigenvalue weighted by atomic mass is 19.1. The topological polar surface area (TPSA) is 77.6 Å². The molecule has 1 fully saturated rings. The Morgan fingerprint density at radius 1 is 1.06 bits per heavy atom. The lowest BCUT2D eigenvalue weighted by molar-refractivity contribution is 0.242. The molecule has 3 aromatic heterocycles. The van der Waals surface area contributed by atoms with E-state index in [0.717, 1.165) is 41.9 Å². The maximum Gasteiger partial charge on any atom is 0.246 e. The second kappa shape index (κ2) is 7.22. The van der Waals surface area contributed by atoms with Gasteiger partial charge in [0.05, 0.1) is 40.0 Å². The molecule has 172 valence electrons. The van der Waals surface area contributed by atoms with Crippen molar-refractivity contribution in [3.63, 3.8) is 0 Å². The molecule has 2 aliphatic rings. The number of hydrogen-bond acceptors (Lipinski definition) is 6. The van der Waals surface area contributed by atoms with Crippen molar-refractivity contribution in [2.75, 3.05) is 0 Å². The zero-order chi connectivity index (χ0) is 23.7. The van der Waals surface area contributed by atoms with Gasteiger partial charge in [0.25, 0.3) is 0 Å². The highest BCUT2D eigenvalue weighted by Gasteiger charge is 2.65. The molecular weight excluding hydrogens is 436 g/mol. The monoisotopic (exact) mass is 459 g/mol. The van der Waals surface area contributed by atoms with Crippen LogP contribution >= 0.6 is 0 Å². The molecule has 4 aromatic rings. The summed E-state index contributed by atoms with van der Waals surface area (Å²) in [7, 11) is 0. The van der Waals surface area contributed by atoms with Crippen LogP contribution < -0.4 is 0 Å². The van der Waals surface area contributed by atoms with E-state index in [2.05, 4.69) is 34.0 Å². The Bertz CT molecular complexity index is 1410. The molecule has 34 heavy (non-hydrogen) atoms. The van der Waals surface area contributed by atoms with E-state index in [9.17, 15) is 8.78 Å². The molecule has 0 aliphatic heterocycles. The molecule has 2 bridgehead atoms. The Labute approximate surface area is 195 Å². The van der Waals surface area contributed by atoms with Gasteiger partial charge in [-0.25, -0.2) is 18.7 Å². The number of benzene rings is 1. The van der Waals surface area contributed by atoms with Crippen LogP contribution in [0, 0.1) is 17.0 Å². The Morgan fingerprint density at radius 3 is 2.59 bits per heavy atom. The number of fused-ring (bicyclic) bond motifs is 5. The molecule has 6 nitrogen and oxygen atoms in total. The summed E-state index contributed by atoms with van der Waals surface area (Å²) in [6.45, 7) is 6.41. The lowest BCUT2D eigenvalue weighted by Crippen LogP contribution is -2.38. The summed E-state index contributed by atoms with van der Waals surface area (Å²) in [6, 6.07) is 5.62. The quantitative estimate of drug-likeness (QED) is 0.393. The van der Waals surface area contributed by atoms with Crippen molar-refractivity contribution in [3.8, 4) is 22.8 Å². The van der Waals surface area contributed by atoms with Crippen LogP contribution in [0.25, 0.3) is 22.8 Å². The van der Waals surface area contributed by atoms with Crippen molar-refractivity contribution in [1.82, 2.24) is 25.1 Å². The fraction of sp³-hybridized carbons (Fsp3) is 0.346. The first-order valence-corrected chi connectivity index (χ1v) is 11.5. The van der Waals surface area contributed by atoms with Crippen LogP contribution in [0.3, 0.4) is 0 Å². The second-order valence-electron chi connectivity index (χ2n) is 9.64. The summed E-state index contributed by atoms with van der Waals surface area (Å²) >= 11 is 0. The van der Waals surface area contributed by atoms with Gasteiger partial charge in [-0.2, -0.15) is 5.10 Å². The summed E-state index contributed by atoms with van der Waals surface area (Å²) < 4.78 is 34.6. The van der Waals surface area contributed by atoms with Crippen LogP contribution in [0.2, 0.25) is 0 Å². The zero-order valence-electron chi connectivity index (χ0n) is 19.1. The summed E-state index contributed by atoms with van der Waals surface area (Å²) in [5.41, 5.74) is 3.28. The number of aromatic nitrogens is 5. The third-order valence-electron chi connectivity index (χ3n) is 7.81. The third-order valence-corrected chi connectivity index (χ3v) is 7.81. The van der Waals surface area contributed by atoms with Gasteiger partial charge in [-0.05, 0) is 54.4 Å². The Balaban J connectivity index is 1.51. The van der Waals surface area contributed by atoms with Gasteiger partial charge >= 0.3 is 0 Å². The van der Waals surface area contributed by atoms with E-state index >= 15 is 0 Å². The predicted molar refractivity (Wildman–Crippen MR) is 121 cm³/mol. The number of rotatable bonds is 4. The largest absolute Gasteiger partial charge is 0.443 e. The van der Waals surface area contributed by atoms with Crippen LogP contribution in [0.15, 0.2) is 47.3 Å². The van der Waals surface area contributed by atoms with Crippen molar-refractivity contribution in [1.29, 1.82) is 0 Å². The van der Waals surface area contributed by atoms with Gasteiger partial charge in [-0.3, -0.25) is 4.98 Å². The molecule has 0 spiro atoms. The maximum absolute atomic E-state index is 14.5. The van der Waals surface area contributed by atoms with Gasteiger partial charge in [0, 0.05) is 6.20 Å². The van der Waals surface area contributed by atoms with Crippen LogP contribution in [0.1, 0.15) is 62.2 Å². The van der Waals surface area contributed by atoms with Gasteiger partial charge in [0.15, 0.2) is 0 Å². The average Bonchev–Trinajstić information content (AvgIpc) is 3.47. The zero-order valence-corrected chi connectivity index (χ0v) is 19.1. The molecule has 0 radical (unpaired) electrons. The fourth-order valence-electron chi connectivity index (χ4n) is 6.02. The molecule has 0 amide bonds. The van der Waals surface area contributed by atoms with E-state index in [1.54, 1.807) is 24.7 Å². The van der Waals surface area contributed by atoms with Gasteiger partial charge in [0.2, 0.25) is 5.89 Å². The average molecular weight is 460 g/mol. The summed E-state index contributed by atoms with van der Waals surface area (Å²) in [4.78, 5) is 13.9. The first kappa shape index (κ1) is 21.0. The van der Waals surface area contributed by atoms with Crippen LogP contribution in [-0.4, -0.2) is 25.1 Å². The van der Waals surface area contributed by atoms with Crippen LogP contribution in [-0.2, 0) is 11.8 Å². The predicted octanol–water partition coefficient (Wildman–Crippen LogP) is 5.63. The molecule has 0 N–H and O–H groups in total. The lowest BCUT2D eigenvalue weighted by Gasteiger charge is -2.37. The standard InChI is InChI=1S/C26H23F2N5O/c1-4-14-13-34-24(30-14)20-11-29-12-21(31-20)26-9-8-16(25(26,2)3)15-10-19(32-33-23(15)26)22-17(27)6-5-7-18(22)28/h5-7,10-13,16H,4,8-9H2,1-3H3/t16-,26-/m0/s1. The molecule has 6 rings (SSSR count). The fourth-order valence-corrected chi connectivity index (χ4v) is 6.02. The van der Waals surface area contributed by atoms with Crippen molar-refractivity contribution < 1.29 is 13.2 Å². The summed E-state index contributed by atoms with van der Waals surface area (Å²) in [5, 5.41) is 8.86. The van der Waals surface area contributed by atoms with E-state index in [-0.39, 0.29) is 22.6 Å². The smallest absolute Gasteiger partial charge is 0.246 e. The lowest BCUT2D eigenvalue weighted by atomic mass is 9.66. The molecular formula is C26H23F2N5O. The summed E-state index contributed by atoms with van der Waals surface area (Å²) in [6.07, 6.45) is 7.58. The van der Waals surface area contributed by atoms with E-state index < -0.39 is 17.0 Å². The van der Waals surface area contributed by atoms with Gasteiger partial charge in [0.1, 0.15) is 23.6 Å². The molecule has 3 heterocycles. The molecule has 8 heteroatoms. The van der Waals surface area contributed by atoms with Gasteiger partial charge in [-0.1, -0.05) is 26.8 Å². The van der Waals surface area contributed by atoms with Crippen molar-refractivity contribution in [3.05, 3.63) is 77.2 Å². The maximum atomic E-state index is 14.5. The van der Waals surface area contributed by atoms with E-state index in [1.165, 1.54) is 18.2 Å². The highest BCUT2D eigenvalue weighted by molar-refractivity contribution is 5.64. The first-order chi connectivity index (χ1) is 16.4. The Morgan fingerprint density at radius 2 is 1.85 bits per heavy atom. The van der Waals surface area contributed by atoms with E-state index in [4.69, 9.17) is 9.40 Å². The Kier molecular flexibility index (Phi) is 4.46. The minimum atomic E-state index is -0.651. The normalized spacial score (nSPS) is 22.2. The molecule has 1 aromatic carbocycles. The molecule has 0 unspecified atom stereocenters. The van der Waals surface area contributed by atoms with E-state index in [0.29, 0.717) is 11.6 Å². The third kappa shape index (κ3) is 2.68. The number of aryl methyl sites for hydroxylation is 1. The van der Waals surface area contributed by atoms with Crippen LogP contribution in [0.5, 0.6) is 0 Å². The van der Waals surface area contributed by atoms with Crippen molar-refractivity contribution in [2.45, 2.75) is 51.4 Å². The molecule has 2 aliphatic carbocycles. The number of hydrogen-bond donors (Lipinski definition) is 0. The SMILES string of the molecule is CCc1coc(-c2cncc([C@@]34CC[C@@H](c5cc(-c6c(F)cccc6F)nnc53)C4(C)C)n2)n1. The first-order valence-electron chi connectivity index (χ1n) is 11.5. The number of nitrogens with zero attached hydrogens (tertiary/aromatic N) is 5. The minimum Gasteiger partial charge on any atom is -0.443 e. The molecule has 1 saturated carbocycles. The van der Waals surface area contributed by atoms with Crippen molar-refractivity contribution in [2.24, 2.45) is 5.41 Å². The number of halogens is 2. The highest BCUT2D eigenvalue weighted by Crippen LogP contribution is 2.69. The molecule has 2 atom stereocenters. The minimum absolute atomic E-state index is 0.148. The second-order valence-corrected chi connectivity index (χ2v) is 9.64. The number of oxazole rings is 1. The van der Waals surface area contributed by atoms with Crippen LogP contribution in [0.4, 0.5) is 8.78 Å². The van der Waals surface area contributed by atoms with E-state index in [1.807, 2.05) is 6.92 Å². The summed E-state index contributed by atoms with van der Waals surface area (Å²) in [5.74, 6) is -0.709. The van der Waals surface area contributed by atoms with Gasteiger partial charge < -0.3 is 4.42 Å². The van der Waals surface area contributed by atoms with Gasteiger partial charge in [-0.15, -0.1) is 5.10 Å². The Hall–Kier alpha value is -3.55. The van der Waals surface area contributed by atoms with Crippen molar-refractivity contribution >= 4 is 0 Å².